The Morgan fingerprint density at radius 2 is 1.89 bits per heavy atom. The largest absolute Gasteiger partial charge is 0.489 e. The highest BCUT2D eigenvalue weighted by Gasteiger charge is 2.21. The molecule has 1 aliphatic heterocycles. The van der Waals surface area contributed by atoms with Crippen molar-refractivity contribution in [2.75, 3.05) is 13.1 Å². The van der Waals surface area contributed by atoms with Gasteiger partial charge in [-0.3, -0.25) is 4.98 Å². The van der Waals surface area contributed by atoms with Crippen LogP contribution in [0.5, 0.6) is 17.2 Å². The van der Waals surface area contributed by atoms with Gasteiger partial charge in [0, 0.05) is 31.0 Å². The number of carboxylic acids is 1. The highest BCUT2D eigenvalue weighted by atomic mass is 19.1. The van der Waals surface area contributed by atoms with Gasteiger partial charge >= 0.3 is 5.97 Å². The van der Waals surface area contributed by atoms with Gasteiger partial charge in [-0.2, -0.15) is 0 Å². The number of ether oxygens (including phenoxy) is 2. The fraction of sp³-hybridized carbons (Fsp3) is 0.200. The van der Waals surface area contributed by atoms with Crippen LogP contribution in [0.2, 0.25) is 0 Å². The van der Waals surface area contributed by atoms with Gasteiger partial charge in [-0.05, 0) is 84.1 Å². The third-order valence-electron chi connectivity index (χ3n) is 6.46. The number of pyridine rings is 1. The summed E-state index contributed by atoms with van der Waals surface area (Å²) >= 11 is 0. The number of halogens is 1. The number of carbonyl (C=O) groups is 1. The summed E-state index contributed by atoms with van der Waals surface area (Å²) in [5.74, 6) is -0.182. The second-order valence-corrected chi connectivity index (χ2v) is 9.13. The SMILES string of the molecule is O=C(O)c1ccc(-c2ccc3c(c2)CC[C@H](CNC[C@@H](O)c2cccnc2)O3)cc1Oc1ccc(F)cc1. The maximum atomic E-state index is 13.3. The van der Waals surface area contributed by atoms with Gasteiger partial charge in [-0.15, -0.1) is 0 Å². The number of aromatic carboxylic acids is 1. The maximum absolute atomic E-state index is 13.3. The zero-order valence-corrected chi connectivity index (χ0v) is 20.5. The molecule has 2 atom stereocenters. The quantitative estimate of drug-likeness (QED) is 0.275. The van der Waals surface area contributed by atoms with E-state index in [2.05, 4.69) is 10.3 Å². The Bertz CT molecular complexity index is 1410. The Labute approximate surface area is 219 Å². The topological polar surface area (TPSA) is 101 Å². The summed E-state index contributed by atoms with van der Waals surface area (Å²) in [4.78, 5) is 15.8. The van der Waals surface area contributed by atoms with E-state index in [4.69, 9.17) is 9.47 Å². The van der Waals surface area contributed by atoms with Crippen molar-refractivity contribution < 1.29 is 28.9 Å². The van der Waals surface area contributed by atoms with E-state index in [9.17, 15) is 19.4 Å². The number of aromatic nitrogens is 1. The molecule has 1 aliphatic rings. The maximum Gasteiger partial charge on any atom is 0.339 e. The Hall–Kier alpha value is -4.27. The number of benzene rings is 3. The second-order valence-electron chi connectivity index (χ2n) is 9.13. The minimum atomic E-state index is -1.11. The van der Waals surface area contributed by atoms with Crippen molar-refractivity contribution >= 4 is 5.97 Å². The fourth-order valence-electron chi connectivity index (χ4n) is 4.43. The Morgan fingerprint density at radius 1 is 1.11 bits per heavy atom. The van der Waals surface area contributed by atoms with Gasteiger partial charge in [-0.25, -0.2) is 9.18 Å². The lowest BCUT2D eigenvalue weighted by Crippen LogP contribution is -2.36. The molecule has 3 aromatic carbocycles. The molecule has 0 fully saturated rings. The van der Waals surface area contributed by atoms with Gasteiger partial charge in [0.2, 0.25) is 0 Å². The lowest BCUT2D eigenvalue weighted by atomic mass is 9.96. The van der Waals surface area contributed by atoms with Crippen LogP contribution in [-0.2, 0) is 6.42 Å². The lowest BCUT2D eigenvalue weighted by molar-refractivity contribution is 0.0694. The molecule has 7 nitrogen and oxygen atoms in total. The van der Waals surface area contributed by atoms with Crippen LogP contribution in [0.25, 0.3) is 11.1 Å². The standard InChI is InChI=1S/C30H27FN2O5/c31-23-6-9-24(10-7-23)37-29-15-20(4-11-26(29)30(35)36)19-5-12-28-21(14-19)3-8-25(38-28)17-33-18-27(34)22-2-1-13-32-16-22/h1-2,4-7,9-16,25,27,33-34H,3,8,17-18H2,(H,35,36)/t25-,27-/m1/s1. The predicted octanol–water partition coefficient (Wildman–Crippen LogP) is 5.40. The number of hydrogen-bond donors (Lipinski definition) is 3. The number of fused-ring (bicyclic) bond motifs is 1. The average molecular weight is 515 g/mol. The third kappa shape index (κ3) is 5.99. The van der Waals surface area contributed by atoms with Crippen molar-refractivity contribution in [2.24, 2.45) is 0 Å². The number of aryl methyl sites for hydroxylation is 1. The number of nitrogens with zero attached hydrogens (tertiary/aromatic N) is 1. The Kier molecular flexibility index (Phi) is 7.62. The number of hydrogen-bond acceptors (Lipinski definition) is 6. The highest BCUT2D eigenvalue weighted by molar-refractivity contribution is 5.92. The normalized spacial score (nSPS) is 15.3. The van der Waals surface area contributed by atoms with E-state index < -0.39 is 17.9 Å². The molecule has 0 amide bonds. The number of aliphatic hydroxyl groups is 1. The molecule has 0 radical (unpaired) electrons. The summed E-state index contributed by atoms with van der Waals surface area (Å²) in [6.45, 7) is 1.02. The molecule has 3 N–H and O–H groups in total. The molecular weight excluding hydrogens is 487 g/mol. The van der Waals surface area contributed by atoms with E-state index in [-0.39, 0.29) is 17.4 Å². The zero-order valence-electron chi connectivity index (χ0n) is 20.5. The van der Waals surface area contributed by atoms with E-state index in [1.807, 2.05) is 24.3 Å². The highest BCUT2D eigenvalue weighted by Crippen LogP contribution is 2.35. The molecule has 194 valence electrons. The Morgan fingerprint density at radius 3 is 2.66 bits per heavy atom. The van der Waals surface area contributed by atoms with E-state index in [1.165, 1.54) is 30.3 Å². The smallest absolute Gasteiger partial charge is 0.339 e. The third-order valence-corrected chi connectivity index (χ3v) is 6.46. The molecule has 1 aromatic heterocycles. The zero-order chi connectivity index (χ0) is 26.5. The molecule has 0 bridgehead atoms. The van der Waals surface area contributed by atoms with Crippen molar-refractivity contribution in [1.29, 1.82) is 0 Å². The predicted molar refractivity (Wildman–Crippen MR) is 140 cm³/mol. The summed E-state index contributed by atoms with van der Waals surface area (Å²) in [5, 5.41) is 23.2. The van der Waals surface area contributed by atoms with Gasteiger partial charge in [0.25, 0.3) is 0 Å². The number of aliphatic hydroxyl groups excluding tert-OH is 1. The first-order chi connectivity index (χ1) is 18.5. The van der Waals surface area contributed by atoms with E-state index in [1.54, 1.807) is 30.6 Å². The minimum Gasteiger partial charge on any atom is -0.489 e. The van der Waals surface area contributed by atoms with Crippen LogP contribution in [0.4, 0.5) is 4.39 Å². The average Bonchev–Trinajstić information content (AvgIpc) is 2.94. The van der Waals surface area contributed by atoms with Crippen LogP contribution >= 0.6 is 0 Å². The molecule has 0 aliphatic carbocycles. The number of rotatable bonds is 9. The van der Waals surface area contributed by atoms with Crippen LogP contribution < -0.4 is 14.8 Å². The van der Waals surface area contributed by atoms with Gasteiger partial charge in [-0.1, -0.05) is 18.2 Å². The van der Waals surface area contributed by atoms with Crippen molar-refractivity contribution in [3.63, 3.8) is 0 Å². The molecule has 0 saturated carbocycles. The van der Waals surface area contributed by atoms with Crippen molar-refractivity contribution in [2.45, 2.75) is 25.0 Å². The van der Waals surface area contributed by atoms with Crippen LogP contribution in [0.1, 0.15) is 34.0 Å². The molecule has 4 aromatic rings. The molecule has 8 heteroatoms. The molecule has 0 saturated heterocycles. The summed E-state index contributed by atoms with van der Waals surface area (Å²) in [6.07, 6.45) is 4.33. The first kappa shape index (κ1) is 25.4. The molecule has 0 spiro atoms. The van der Waals surface area contributed by atoms with E-state index in [0.29, 0.717) is 18.8 Å². The fourth-order valence-corrected chi connectivity index (χ4v) is 4.43. The first-order valence-electron chi connectivity index (χ1n) is 12.4. The monoisotopic (exact) mass is 514 g/mol. The summed E-state index contributed by atoms with van der Waals surface area (Å²) in [7, 11) is 0. The molecule has 5 rings (SSSR count). The van der Waals surface area contributed by atoms with Crippen LogP contribution in [-0.4, -0.2) is 40.4 Å². The van der Waals surface area contributed by atoms with Crippen LogP contribution in [0.3, 0.4) is 0 Å². The molecular formula is C30H27FN2O5. The second kappa shape index (κ2) is 11.4. The van der Waals surface area contributed by atoms with Crippen molar-refractivity contribution in [1.82, 2.24) is 10.3 Å². The van der Waals surface area contributed by atoms with Crippen molar-refractivity contribution in [3.05, 3.63) is 108 Å². The summed E-state index contributed by atoms with van der Waals surface area (Å²) in [5.41, 5.74) is 3.55. The minimum absolute atomic E-state index is 0.0139. The van der Waals surface area contributed by atoms with Gasteiger partial charge in [0.1, 0.15) is 34.7 Å². The Balaban J connectivity index is 1.26. The molecule has 38 heavy (non-hydrogen) atoms. The number of carboxylic acid groups (broad SMARTS) is 1. The van der Waals surface area contributed by atoms with Gasteiger partial charge < -0.3 is 25.0 Å². The lowest BCUT2D eigenvalue weighted by Gasteiger charge is -2.27. The van der Waals surface area contributed by atoms with Crippen LogP contribution in [0.15, 0.2) is 85.2 Å². The van der Waals surface area contributed by atoms with Gasteiger partial charge in [0.15, 0.2) is 0 Å². The number of nitrogens with one attached hydrogen (secondary N) is 1. The van der Waals surface area contributed by atoms with Crippen LogP contribution in [0, 0.1) is 5.82 Å². The first-order valence-corrected chi connectivity index (χ1v) is 12.4. The molecule has 0 unspecified atom stereocenters. The van der Waals surface area contributed by atoms with E-state index >= 15 is 0 Å². The van der Waals surface area contributed by atoms with Gasteiger partial charge in [0.05, 0.1) is 6.10 Å². The molecule has 2 heterocycles. The summed E-state index contributed by atoms with van der Waals surface area (Å²) in [6, 6.07) is 19.9. The van der Waals surface area contributed by atoms with Crippen molar-refractivity contribution in [3.8, 4) is 28.4 Å². The van der Waals surface area contributed by atoms with E-state index in [0.717, 1.165) is 40.8 Å². The summed E-state index contributed by atoms with van der Waals surface area (Å²) < 4.78 is 25.2.